The molecule has 1 aromatic carbocycles. The van der Waals surface area contributed by atoms with Crippen LogP contribution in [0.3, 0.4) is 0 Å². The molecular weight excluding hydrogens is 246 g/mol. The molecule has 1 aliphatic rings. The highest BCUT2D eigenvalue weighted by atomic mass is 16.5. The summed E-state index contributed by atoms with van der Waals surface area (Å²) in [5.74, 6) is 2.85. The summed E-state index contributed by atoms with van der Waals surface area (Å²) < 4.78 is 5.67. The van der Waals surface area contributed by atoms with Crippen LogP contribution in [0.5, 0.6) is 5.75 Å². The first-order chi connectivity index (χ1) is 9.37. The van der Waals surface area contributed by atoms with Crippen molar-refractivity contribution in [1.29, 1.82) is 0 Å². The lowest BCUT2D eigenvalue weighted by atomic mass is 9.71. The molecule has 2 atom stereocenters. The lowest BCUT2D eigenvalue weighted by Gasteiger charge is -2.45. The van der Waals surface area contributed by atoms with Gasteiger partial charge in [-0.3, -0.25) is 0 Å². The minimum Gasteiger partial charge on any atom is -0.494 e. The van der Waals surface area contributed by atoms with Crippen LogP contribution in [-0.2, 0) is 0 Å². The van der Waals surface area contributed by atoms with E-state index < -0.39 is 0 Å². The van der Waals surface area contributed by atoms with Crippen LogP contribution < -0.4 is 10.1 Å². The standard InChI is InChI=1S/C18H29NO/c1-7-20-14-8-9-17-15(10-14)16(12(2)3)11-18(6,19-17)13(4)5/h8-10,12-13,16,19H,7,11H2,1-6H3. The number of hydrogen-bond acceptors (Lipinski definition) is 2. The number of ether oxygens (including phenoxy) is 1. The largest absolute Gasteiger partial charge is 0.494 e. The summed E-state index contributed by atoms with van der Waals surface area (Å²) in [6.07, 6.45) is 1.19. The van der Waals surface area contributed by atoms with Crippen LogP contribution in [-0.4, -0.2) is 12.1 Å². The van der Waals surface area contributed by atoms with Crippen molar-refractivity contribution in [2.75, 3.05) is 11.9 Å². The Balaban J connectivity index is 2.42. The van der Waals surface area contributed by atoms with Crippen molar-refractivity contribution in [3.8, 4) is 5.75 Å². The molecule has 0 fully saturated rings. The van der Waals surface area contributed by atoms with Gasteiger partial charge in [0.15, 0.2) is 0 Å². The fraction of sp³-hybridized carbons (Fsp3) is 0.667. The Labute approximate surface area is 123 Å². The van der Waals surface area contributed by atoms with Crippen molar-refractivity contribution in [2.45, 2.75) is 59.4 Å². The first-order valence-electron chi connectivity index (χ1n) is 7.92. The van der Waals surface area contributed by atoms with E-state index in [1.807, 2.05) is 6.92 Å². The number of fused-ring (bicyclic) bond motifs is 1. The van der Waals surface area contributed by atoms with Crippen LogP contribution in [0.1, 0.15) is 59.4 Å². The maximum Gasteiger partial charge on any atom is 0.119 e. The molecule has 2 rings (SSSR count). The van der Waals surface area contributed by atoms with Crippen LogP contribution in [0.25, 0.3) is 0 Å². The second-order valence-corrected chi connectivity index (χ2v) is 6.93. The first kappa shape index (κ1) is 15.2. The van der Waals surface area contributed by atoms with Gasteiger partial charge in [0.25, 0.3) is 0 Å². The molecule has 2 unspecified atom stereocenters. The summed E-state index contributed by atoms with van der Waals surface area (Å²) in [6.45, 7) is 14.4. The summed E-state index contributed by atoms with van der Waals surface area (Å²) in [5.41, 5.74) is 2.88. The van der Waals surface area contributed by atoms with Crippen LogP contribution in [0.15, 0.2) is 18.2 Å². The third-order valence-corrected chi connectivity index (χ3v) is 4.88. The van der Waals surface area contributed by atoms with Crippen molar-refractivity contribution in [3.05, 3.63) is 23.8 Å². The number of nitrogens with one attached hydrogen (secondary N) is 1. The van der Waals surface area contributed by atoms with Gasteiger partial charge in [0.1, 0.15) is 5.75 Å². The monoisotopic (exact) mass is 275 g/mol. The summed E-state index contributed by atoms with van der Waals surface area (Å²) in [6, 6.07) is 6.50. The quantitative estimate of drug-likeness (QED) is 0.829. The average Bonchev–Trinajstić information content (AvgIpc) is 2.38. The minimum atomic E-state index is 0.176. The van der Waals surface area contributed by atoms with Crippen LogP contribution >= 0.6 is 0 Å². The van der Waals surface area contributed by atoms with Crippen molar-refractivity contribution in [2.24, 2.45) is 11.8 Å². The predicted molar refractivity (Wildman–Crippen MR) is 86.7 cm³/mol. The van der Waals surface area contributed by atoms with E-state index in [1.54, 1.807) is 0 Å². The molecule has 0 aromatic heterocycles. The molecule has 112 valence electrons. The SMILES string of the molecule is CCOc1ccc2c(c1)C(C(C)C)CC(C)(C(C)C)N2. The van der Waals surface area contributed by atoms with E-state index >= 15 is 0 Å². The highest BCUT2D eigenvalue weighted by Gasteiger charge is 2.38. The van der Waals surface area contributed by atoms with Gasteiger partial charge in [-0.2, -0.15) is 0 Å². The van der Waals surface area contributed by atoms with Crippen molar-refractivity contribution < 1.29 is 4.74 Å². The van der Waals surface area contributed by atoms with Gasteiger partial charge >= 0.3 is 0 Å². The van der Waals surface area contributed by atoms with Gasteiger partial charge in [0.05, 0.1) is 6.61 Å². The third kappa shape index (κ3) is 2.79. The van der Waals surface area contributed by atoms with Crippen LogP contribution in [0.4, 0.5) is 5.69 Å². The maximum absolute atomic E-state index is 5.67. The predicted octanol–water partition coefficient (Wildman–Crippen LogP) is 5.06. The summed E-state index contributed by atoms with van der Waals surface area (Å²) in [7, 11) is 0. The van der Waals surface area contributed by atoms with E-state index in [-0.39, 0.29) is 5.54 Å². The van der Waals surface area contributed by atoms with E-state index in [4.69, 9.17) is 4.74 Å². The summed E-state index contributed by atoms with van der Waals surface area (Å²) in [5, 5.41) is 3.77. The molecule has 1 heterocycles. The third-order valence-electron chi connectivity index (χ3n) is 4.88. The van der Waals surface area contributed by atoms with Gasteiger partial charge in [-0.1, -0.05) is 27.7 Å². The van der Waals surface area contributed by atoms with E-state index in [0.29, 0.717) is 17.8 Å². The van der Waals surface area contributed by atoms with E-state index in [0.717, 1.165) is 12.4 Å². The lowest BCUT2D eigenvalue weighted by molar-refractivity contribution is 0.281. The van der Waals surface area contributed by atoms with E-state index in [9.17, 15) is 0 Å². The molecule has 0 amide bonds. The number of hydrogen-bond donors (Lipinski definition) is 1. The number of rotatable bonds is 4. The Kier molecular flexibility index (Phi) is 4.31. The Hall–Kier alpha value is -1.18. The molecule has 1 aromatic rings. The Bertz CT molecular complexity index is 466. The zero-order chi connectivity index (χ0) is 14.9. The highest BCUT2D eigenvalue weighted by molar-refractivity contribution is 5.60. The Morgan fingerprint density at radius 2 is 2.00 bits per heavy atom. The fourth-order valence-electron chi connectivity index (χ4n) is 3.12. The topological polar surface area (TPSA) is 21.3 Å². The van der Waals surface area contributed by atoms with Crippen LogP contribution in [0, 0.1) is 11.8 Å². The molecule has 0 radical (unpaired) electrons. The molecule has 1 N–H and O–H groups in total. The van der Waals surface area contributed by atoms with Crippen LogP contribution in [0.2, 0.25) is 0 Å². The van der Waals surface area contributed by atoms with Gasteiger partial charge in [-0.25, -0.2) is 0 Å². The van der Waals surface area contributed by atoms with Crippen molar-refractivity contribution >= 4 is 5.69 Å². The molecule has 0 bridgehead atoms. The van der Waals surface area contributed by atoms with E-state index in [2.05, 4.69) is 58.1 Å². The maximum atomic E-state index is 5.67. The minimum absolute atomic E-state index is 0.176. The molecule has 2 heteroatoms. The zero-order valence-corrected chi connectivity index (χ0v) is 13.8. The molecule has 0 spiro atoms. The zero-order valence-electron chi connectivity index (χ0n) is 13.8. The van der Waals surface area contributed by atoms with Gasteiger partial charge in [-0.15, -0.1) is 0 Å². The van der Waals surface area contributed by atoms with Gasteiger partial charge in [0, 0.05) is 11.2 Å². The van der Waals surface area contributed by atoms with Gasteiger partial charge in [0.2, 0.25) is 0 Å². The Morgan fingerprint density at radius 1 is 1.30 bits per heavy atom. The molecule has 0 saturated heterocycles. The Morgan fingerprint density at radius 3 is 2.55 bits per heavy atom. The van der Waals surface area contributed by atoms with Crippen molar-refractivity contribution in [3.63, 3.8) is 0 Å². The summed E-state index contributed by atoms with van der Waals surface area (Å²) in [4.78, 5) is 0. The molecule has 0 aliphatic carbocycles. The molecule has 2 nitrogen and oxygen atoms in total. The highest BCUT2D eigenvalue weighted by Crippen LogP contribution is 2.46. The van der Waals surface area contributed by atoms with Gasteiger partial charge in [-0.05, 0) is 61.8 Å². The molecular formula is C18H29NO. The second-order valence-electron chi connectivity index (χ2n) is 6.93. The summed E-state index contributed by atoms with van der Waals surface area (Å²) >= 11 is 0. The fourth-order valence-corrected chi connectivity index (χ4v) is 3.12. The normalized spacial score (nSPS) is 25.5. The molecule has 20 heavy (non-hydrogen) atoms. The number of benzene rings is 1. The second kappa shape index (κ2) is 5.67. The van der Waals surface area contributed by atoms with E-state index in [1.165, 1.54) is 17.7 Å². The van der Waals surface area contributed by atoms with Gasteiger partial charge < -0.3 is 10.1 Å². The molecule has 1 aliphatic heterocycles. The lowest BCUT2D eigenvalue weighted by Crippen LogP contribution is -2.45. The first-order valence-corrected chi connectivity index (χ1v) is 7.92. The van der Waals surface area contributed by atoms with Crippen molar-refractivity contribution in [1.82, 2.24) is 0 Å². The molecule has 0 saturated carbocycles. The smallest absolute Gasteiger partial charge is 0.119 e. The average molecular weight is 275 g/mol. The number of anilines is 1.